The molecule has 0 spiro atoms. The fourth-order valence-corrected chi connectivity index (χ4v) is 2.12. The molecule has 0 bridgehead atoms. The molecule has 0 atom stereocenters. The molecule has 0 saturated heterocycles. The lowest BCUT2D eigenvalue weighted by molar-refractivity contribution is -0.137. The van der Waals surface area contributed by atoms with E-state index in [1.165, 1.54) is 25.3 Å². The van der Waals surface area contributed by atoms with E-state index in [0.717, 1.165) is 12.1 Å². The van der Waals surface area contributed by atoms with Crippen LogP contribution in [0.15, 0.2) is 54.1 Å². The third-order valence-corrected chi connectivity index (χ3v) is 3.28. The molecule has 2 aromatic rings. The Hall–Kier alpha value is -3.27. The van der Waals surface area contributed by atoms with Crippen molar-refractivity contribution in [2.24, 2.45) is 0 Å². The molecule has 0 aromatic heterocycles. The van der Waals surface area contributed by atoms with Gasteiger partial charge in [-0.2, -0.15) is 18.4 Å². The second-order valence-corrected chi connectivity index (χ2v) is 4.91. The molecule has 0 unspecified atom stereocenters. The zero-order chi connectivity index (χ0) is 18.4. The van der Waals surface area contributed by atoms with Crippen LogP contribution in [-0.4, -0.2) is 13.0 Å². The van der Waals surface area contributed by atoms with Gasteiger partial charge in [0.1, 0.15) is 17.4 Å². The maximum atomic E-state index is 13.0. The molecule has 0 radical (unpaired) electrons. The second-order valence-electron chi connectivity index (χ2n) is 4.91. The molecule has 0 heterocycles. The van der Waals surface area contributed by atoms with Crippen LogP contribution in [0, 0.1) is 11.3 Å². The summed E-state index contributed by atoms with van der Waals surface area (Å²) in [5.74, 6) is -0.510. The van der Waals surface area contributed by atoms with Gasteiger partial charge in [0.2, 0.25) is 0 Å². The molecule has 0 aliphatic heterocycles. The highest BCUT2D eigenvalue weighted by Gasteiger charge is 2.33. The van der Waals surface area contributed by atoms with E-state index in [1.807, 2.05) is 0 Å². The number of nitriles is 1. The minimum atomic E-state index is -4.62. The molecule has 1 amide bonds. The maximum absolute atomic E-state index is 13.0. The van der Waals surface area contributed by atoms with Crippen LogP contribution < -0.4 is 10.1 Å². The van der Waals surface area contributed by atoms with Crippen molar-refractivity contribution < 1.29 is 22.7 Å². The zero-order valence-electron chi connectivity index (χ0n) is 13.1. The topological polar surface area (TPSA) is 62.1 Å². The van der Waals surface area contributed by atoms with Gasteiger partial charge in [-0.1, -0.05) is 30.3 Å². The van der Waals surface area contributed by atoms with Gasteiger partial charge >= 0.3 is 6.18 Å². The molecule has 2 aromatic carbocycles. The highest BCUT2D eigenvalue weighted by molar-refractivity contribution is 6.10. The van der Waals surface area contributed by atoms with Gasteiger partial charge in [-0.25, -0.2) is 0 Å². The smallest absolute Gasteiger partial charge is 0.418 e. The summed E-state index contributed by atoms with van der Waals surface area (Å²) >= 11 is 0. The number of benzene rings is 2. The number of hydrogen-bond donors (Lipinski definition) is 1. The van der Waals surface area contributed by atoms with Crippen LogP contribution in [0.3, 0.4) is 0 Å². The fraction of sp³-hybridized carbons (Fsp3) is 0.111. The Kier molecular flexibility index (Phi) is 5.45. The first kappa shape index (κ1) is 18.1. The van der Waals surface area contributed by atoms with Gasteiger partial charge in [-0.15, -0.1) is 0 Å². The van der Waals surface area contributed by atoms with Crippen molar-refractivity contribution in [3.05, 3.63) is 65.2 Å². The molecule has 0 aliphatic carbocycles. The normalized spacial score (nSPS) is 11.6. The number of nitrogens with zero attached hydrogens (tertiary/aromatic N) is 1. The van der Waals surface area contributed by atoms with Crippen molar-refractivity contribution >= 4 is 17.7 Å². The van der Waals surface area contributed by atoms with Gasteiger partial charge in [0.05, 0.1) is 18.4 Å². The highest BCUT2D eigenvalue weighted by atomic mass is 19.4. The summed E-state index contributed by atoms with van der Waals surface area (Å²) in [6.45, 7) is 0. The molecular formula is C18H13F3N2O2. The van der Waals surface area contributed by atoms with Crippen LogP contribution in [0.5, 0.6) is 5.75 Å². The molecule has 128 valence electrons. The molecule has 2 rings (SSSR count). The van der Waals surface area contributed by atoms with Crippen LogP contribution in [0.2, 0.25) is 0 Å². The van der Waals surface area contributed by atoms with Gasteiger partial charge in [-0.3, -0.25) is 4.79 Å². The average Bonchev–Trinajstić information content (AvgIpc) is 2.59. The van der Waals surface area contributed by atoms with Gasteiger partial charge < -0.3 is 10.1 Å². The molecule has 0 saturated carbocycles. The third-order valence-electron chi connectivity index (χ3n) is 3.28. The number of anilines is 1. The van der Waals surface area contributed by atoms with Crippen molar-refractivity contribution in [3.63, 3.8) is 0 Å². The largest absolute Gasteiger partial charge is 0.496 e. The van der Waals surface area contributed by atoms with E-state index in [-0.39, 0.29) is 5.57 Å². The Morgan fingerprint density at radius 2 is 1.80 bits per heavy atom. The highest BCUT2D eigenvalue weighted by Crippen LogP contribution is 2.34. The standard InChI is InChI=1S/C18H13F3N2O2/c1-25-16-9-5-2-6-12(16)10-13(11-22)17(24)23-15-8-4-3-7-14(15)18(19,20)21/h2-10H,1H3,(H,23,24)/b13-10+. The molecule has 7 heteroatoms. The van der Waals surface area contributed by atoms with Crippen molar-refractivity contribution in [2.45, 2.75) is 6.18 Å². The van der Waals surface area contributed by atoms with Crippen molar-refractivity contribution in [3.8, 4) is 11.8 Å². The summed E-state index contributed by atoms with van der Waals surface area (Å²) in [4.78, 5) is 12.2. The number of amides is 1. The number of hydrogen-bond acceptors (Lipinski definition) is 3. The summed E-state index contributed by atoms with van der Waals surface area (Å²) in [5.41, 5.74) is -1.29. The summed E-state index contributed by atoms with van der Waals surface area (Å²) < 4.78 is 44.1. The minimum absolute atomic E-state index is 0.346. The van der Waals surface area contributed by atoms with Gasteiger partial charge in [0.15, 0.2) is 0 Å². The first-order valence-electron chi connectivity index (χ1n) is 7.09. The molecule has 1 N–H and O–H groups in total. The third kappa shape index (κ3) is 4.38. The molecule has 25 heavy (non-hydrogen) atoms. The number of ether oxygens (including phenoxy) is 1. The van der Waals surface area contributed by atoms with Crippen LogP contribution in [0.25, 0.3) is 6.08 Å². The zero-order valence-corrected chi connectivity index (χ0v) is 13.1. The Balaban J connectivity index is 2.34. The lowest BCUT2D eigenvalue weighted by Crippen LogP contribution is -2.17. The van der Waals surface area contributed by atoms with E-state index in [1.54, 1.807) is 30.3 Å². The van der Waals surface area contributed by atoms with Crippen LogP contribution in [0.4, 0.5) is 18.9 Å². The maximum Gasteiger partial charge on any atom is 0.418 e. The number of carbonyl (C=O) groups excluding carboxylic acids is 1. The number of methoxy groups -OCH3 is 1. The quantitative estimate of drug-likeness (QED) is 0.665. The number of halogens is 3. The average molecular weight is 346 g/mol. The first-order valence-corrected chi connectivity index (χ1v) is 7.09. The number of nitrogens with one attached hydrogen (secondary N) is 1. The Bertz CT molecular complexity index is 852. The number of carbonyl (C=O) groups is 1. The number of para-hydroxylation sites is 2. The van der Waals surface area contributed by atoms with Crippen molar-refractivity contribution in [2.75, 3.05) is 12.4 Å². The minimum Gasteiger partial charge on any atom is -0.496 e. The van der Waals surface area contributed by atoms with Gasteiger partial charge in [0.25, 0.3) is 5.91 Å². The van der Waals surface area contributed by atoms with E-state index in [9.17, 15) is 23.2 Å². The molecule has 4 nitrogen and oxygen atoms in total. The lowest BCUT2D eigenvalue weighted by Gasteiger charge is -2.13. The molecule has 0 fully saturated rings. The van der Waals surface area contributed by atoms with Crippen molar-refractivity contribution in [1.82, 2.24) is 0 Å². The summed E-state index contributed by atoms with van der Waals surface area (Å²) in [7, 11) is 1.43. The van der Waals surface area contributed by atoms with Gasteiger partial charge in [-0.05, 0) is 24.3 Å². The van der Waals surface area contributed by atoms with E-state index >= 15 is 0 Å². The monoisotopic (exact) mass is 346 g/mol. The first-order chi connectivity index (χ1) is 11.9. The predicted octanol–water partition coefficient (Wildman–Crippen LogP) is 4.26. The second kappa shape index (κ2) is 7.53. The fourth-order valence-electron chi connectivity index (χ4n) is 2.12. The predicted molar refractivity (Wildman–Crippen MR) is 86.7 cm³/mol. The lowest BCUT2D eigenvalue weighted by atomic mass is 10.1. The van der Waals surface area contributed by atoms with E-state index < -0.39 is 23.3 Å². The SMILES string of the molecule is COc1ccccc1/C=C(\C#N)C(=O)Nc1ccccc1C(F)(F)F. The number of rotatable bonds is 4. The Morgan fingerprint density at radius 1 is 1.16 bits per heavy atom. The van der Waals surface area contributed by atoms with Crippen LogP contribution >= 0.6 is 0 Å². The Labute approximate surface area is 142 Å². The van der Waals surface area contributed by atoms with Crippen LogP contribution in [-0.2, 0) is 11.0 Å². The van der Waals surface area contributed by atoms with E-state index in [0.29, 0.717) is 11.3 Å². The van der Waals surface area contributed by atoms with E-state index in [4.69, 9.17) is 4.74 Å². The summed E-state index contributed by atoms with van der Waals surface area (Å²) in [6, 6.07) is 12.9. The number of alkyl halides is 3. The van der Waals surface area contributed by atoms with Gasteiger partial charge in [0, 0.05) is 5.56 Å². The van der Waals surface area contributed by atoms with E-state index in [2.05, 4.69) is 5.32 Å². The Morgan fingerprint density at radius 3 is 2.44 bits per heavy atom. The van der Waals surface area contributed by atoms with Crippen molar-refractivity contribution in [1.29, 1.82) is 5.26 Å². The summed E-state index contributed by atoms with van der Waals surface area (Å²) in [6.07, 6.45) is -3.37. The molecule has 0 aliphatic rings. The summed E-state index contributed by atoms with van der Waals surface area (Å²) in [5, 5.41) is 11.3. The van der Waals surface area contributed by atoms with Crippen LogP contribution in [0.1, 0.15) is 11.1 Å². The molecular weight excluding hydrogens is 333 g/mol.